The maximum atomic E-state index is 10.2. The first kappa shape index (κ1) is 16.5. The lowest BCUT2D eigenvalue weighted by Crippen LogP contribution is -2.09. The summed E-state index contributed by atoms with van der Waals surface area (Å²) in [6.07, 6.45) is 1.02. The zero-order valence-corrected chi connectivity index (χ0v) is 14.5. The predicted molar refractivity (Wildman–Crippen MR) is 93.4 cm³/mol. The molecule has 0 bridgehead atoms. The minimum atomic E-state index is 0.136. The molecule has 3 atom stereocenters. The first-order valence-electron chi connectivity index (χ1n) is 8.29. The number of hydrogen-bond acceptors (Lipinski definition) is 4. The van der Waals surface area contributed by atoms with E-state index in [0.717, 1.165) is 17.5 Å². The Labute approximate surface area is 142 Å². The summed E-state index contributed by atoms with van der Waals surface area (Å²) >= 11 is 0. The molecule has 1 aliphatic carbocycles. The monoisotopic (exact) mass is 328 g/mol. The SMILES string of the molecule is CC[C@@H]1c2cc(OC)c(O)cc2[C@H](c2ccc(O)c(OC)c2)[C@@H]1C. The predicted octanol–water partition coefficient (Wildman–Crippen LogP) is 4.39. The van der Waals surface area contributed by atoms with E-state index in [0.29, 0.717) is 23.3 Å². The maximum absolute atomic E-state index is 10.2. The van der Waals surface area contributed by atoms with Gasteiger partial charge in [0.05, 0.1) is 14.2 Å². The van der Waals surface area contributed by atoms with E-state index in [1.165, 1.54) is 5.56 Å². The Balaban J connectivity index is 2.15. The Kier molecular flexibility index (Phi) is 4.31. The maximum Gasteiger partial charge on any atom is 0.160 e. The van der Waals surface area contributed by atoms with Crippen molar-refractivity contribution in [2.75, 3.05) is 14.2 Å². The minimum absolute atomic E-state index is 0.136. The number of benzene rings is 2. The van der Waals surface area contributed by atoms with Gasteiger partial charge in [-0.25, -0.2) is 0 Å². The van der Waals surface area contributed by atoms with Crippen LogP contribution in [0.4, 0.5) is 0 Å². The van der Waals surface area contributed by atoms with Crippen molar-refractivity contribution < 1.29 is 19.7 Å². The number of fused-ring (bicyclic) bond motifs is 1. The minimum Gasteiger partial charge on any atom is -0.504 e. The summed E-state index contributed by atoms with van der Waals surface area (Å²) in [5.74, 6) is 2.22. The third kappa shape index (κ3) is 2.46. The number of rotatable bonds is 4. The number of hydrogen-bond donors (Lipinski definition) is 2. The quantitative estimate of drug-likeness (QED) is 0.874. The van der Waals surface area contributed by atoms with Crippen LogP contribution in [-0.4, -0.2) is 24.4 Å². The Morgan fingerprint density at radius 2 is 1.58 bits per heavy atom. The van der Waals surface area contributed by atoms with E-state index >= 15 is 0 Å². The van der Waals surface area contributed by atoms with Crippen LogP contribution in [0.2, 0.25) is 0 Å². The molecule has 0 heterocycles. The van der Waals surface area contributed by atoms with Crippen molar-refractivity contribution in [2.24, 2.45) is 5.92 Å². The van der Waals surface area contributed by atoms with Crippen molar-refractivity contribution in [1.82, 2.24) is 0 Å². The van der Waals surface area contributed by atoms with Crippen LogP contribution in [0.15, 0.2) is 30.3 Å². The van der Waals surface area contributed by atoms with E-state index in [4.69, 9.17) is 9.47 Å². The molecule has 0 spiro atoms. The zero-order chi connectivity index (χ0) is 17.4. The zero-order valence-electron chi connectivity index (χ0n) is 14.5. The molecule has 0 aromatic heterocycles. The summed E-state index contributed by atoms with van der Waals surface area (Å²) in [5.41, 5.74) is 3.44. The number of ether oxygens (including phenoxy) is 2. The van der Waals surface area contributed by atoms with Crippen LogP contribution in [0.1, 0.15) is 48.8 Å². The van der Waals surface area contributed by atoms with E-state index in [1.54, 1.807) is 20.3 Å². The van der Waals surface area contributed by atoms with Crippen LogP contribution < -0.4 is 9.47 Å². The number of aromatic hydroxyl groups is 2. The van der Waals surface area contributed by atoms with Crippen LogP contribution >= 0.6 is 0 Å². The lowest BCUT2D eigenvalue weighted by atomic mass is 9.83. The molecule has 3 rings (SSSR count). The van der Waals surface area contributed by atoms with Crippen LogP contribution in [0, 0.1) is 5.92 Å². The smallest absolute Gasteiger partial charge is 0.160 e. The second-order valence-electron chi connectivity index (χ2n) is 6.44. The molecule has 0 amide bonds. The molecular weight excluding hydrogens is 304 g/mol. The fourth-order valence-corrected chi connectivity index (χ4v) is 4.12. The van der Waals surface area contributed by atoms with Crippen LogP contribution in [0.3, 0.4) is 0 Å². The highest BCUT2D eigenvalue weighted by Crippen LogP contribution is 2.53. The summed E-state index contributed by atoms with van der Waals surface area (Å²) in [7, 11) is 3.12. The van der Waals surface area contributed by atoms with Gasteiger partial charge in [0.2, 0.25) is 0 Å². The molecule has 4 nitrogen and oxygen atoms in total. The third-order valence-corrected chi connectivity index (χ3v) is 5.28. The topological polar surface area (TPSA) is 58.9 Å². The van der Waals surface area contributed by atoms with Crippen molar-refractivity contribution in [1.29, 1.82) is 0 Å². The molecule has 4 heteroatoms. The molecule has 0 fully saturated rings. The molecule has 0 saturated heterocycles. The fourth-order valence-electron chi connectivity index (χ4n) is 4.12. The Hall–Kier alpha value is -2.36. The second-order valence-corrected chi connectivity index (χ2v) is 6.44. The van der Waals surface area contributed by atoms with Gasteiger partial charge in [-0.3, -0.25) is 0 Å². The molecule has 1 aliphatic rings. The summed E-state index contributed by atoms with van der Waals surface area (Å²) in [6, 6.07) is 9.28. The standard InChI is InChI=1S/C20H24O4/c1-5-13-11(2)20(12-6-7-16(21)18(8-12)23-3)15-9-17(22)19(24-4)10-14(13)15/h6-11,13,20-22H,5H2,1-4H3/t11-,13+,20+/m1/s1. The Morgan fingerprint density at radius 3 is 2.21 bits per heavy atom. The van der Waals surface area contributed by atoms with E-state index in [-0.39, 0.29) is 17.4 Å². The average Bonchev–Trinajstić information content (AvgIpc) is 2.85. The highest BCUT2D eigenvalue weighted by Gasteiger charge is 2.39. The Morgan fingerprint density at radius 1 is 0.917 bits per heavy atom. The van der Waals surface area contributed by atoms with Crippen LogP contribution in [0.5, 0.6) is 23.0 Å². The molecule has 2 N–H and O–H groups in total. The van der Waals surface area contributed by atoms with E-state index in [9.17, 15) is 10.2 Å². The first-order chi connectivity index (χ1) is 11.5. The average molecular weight is 328 g/mol. The molecule has 0 unspecified atom stereocenters. The van der Waals surface area contributed by atoms with Crippen LogP contribution in [0.25, 0.3) is 0 Å². The molecule has 0 radical (unpaired) electrons. The van der Waals surface area contributed by atoms with E-state index in [2.05, 4.69) is 13.8 Å². The number of phenols is 2. The molecule has 0 saturated carbocycles. The van der Waals surface area contributed by atoms with Gasteiger partial charge in [0, 0.05) is 5.92 Å². The van der Waals surface area contributed by atoms with Gasteiger partial charge in [-0.1, -0.05) is 19.9 Å². The van der Waals surface area contributed by atoms with Gasteiger partial charge in [0.15, 0.2) is 23.0 Å². The third-order valence-electron chi connectivity index (χ3n) is 5.28. The summed E-state index contributed by atoms with van der Waals surface area (Å²) in [6.45, 7) is 4.42. The van der Waals surface area contributed by atoms with Crippen molar-refractivity contribution >= 4 is 0 Å². The van der Waals surface area contributed by atoms with Gasteiger partial charge in [-0.15, -0.1) is 0 Å². The molecule has 2 aromatic rings. The van der Waals surface area contributed by atoms with Crippen molar-refractivity contribution in [3.05, 3.63) is 47.0 Å². The van der Waals surface area contributed by atoms with Crippen molar-refractivity contribution in [3.8, 4) is 23.0 Å². The highest BCUT2D eigenvalue weighted by atomic mass is 16.5. The molecule has 24 heavy (non-hydrogen) atoms. The summed E-state index contributed by atoms with van der Waals surface area (Å²) < 4.78 is 10.6. The fraction of sp³-hybridized carbons (Fsp3) is 0.400. The molecule has 0 aliphatic heterocycles. The molecular formula is C20H24O4. The number of phenolic OH excluding ortho intramolecular Hbond substituents is 2. The summed E-state index contributed by atoms with van der Waals surface area (Å²) in [4.78, 5) is 0. The Bertz CT molecular complexity index is 754. The van der Waals surface area contributed by atoms with Crippen molar-refractivity contribution in [2.45, 2.75) is 32.1 Å². The van der Waals surface area contributed by atoms with Crippen LogP contribution in [-0.2, 0) is 0 Å². The lowest BCUT2D eigenvalue weighted by Gasteiger charge is -2.21. The van der Waals surface area contributed by atoms with Gasteiger partial charge in [0.1, 0.15) is 0 Å². The van der Waals surface area contributed by atoms with Gasteiger partial charge < -0.3 is 19.7 Å². The second kappa shape index (κ2) is 6.27. The normalized spacial score (nSPS) is 22.2. The van der Waals surface area contributed by atoms with Gasteiger partial charge in [0.25, 0.3) is 0 Å². The van der Waals surface area contributed by atoms with E-state index in [1.807, 2.05) is 24.3 Å². The van der Waals surface area contributed by atoms with Crippen molar-refractivity contribution in [3.63, 3.8) is 0 Å². The highest BCUT2D eigenvalue weighted by molar-refractivity contribution is 5.56. The molecule has 128 valence electrons. The number of methoxy groups -OCH3 is 2. The summed E-state index contributed by atoms with van der Waals surface area (Å²) in [5, 5.41) is 20.1. The lowest BCUT2D eigenvalue weighted by molar-refractivity contribution is 0.371. The van der Waals surface area contributed by atoms with Gasteiger partial charge in [-0.05, 0) is 59.2 Å². The largest absolute Gasteiger partial charge is 0.504 e. The van der Waals surface area contributed by atoms with Gasteiger partial charge in [-0.2, -0.15) is 0 Å². The molecule has 2 aromatic carbocycles. The van der Waals surface area contributed by atoms with Gasteiger partial charge >= 0.3 is 0 Å². The first-order valence-corrected chi connectivity index (χ1v) is 8.29. The van der Waals surface area contributed by atoms with E-state index < -0.39 is 0 Å².